The highest BCUT2D eigenvalue weighted by Gasteiger charge is 2.26. The minimum absolute atomic E-state index is 0.147. The van der Waals surface area contributed by atoms with Gasteiger partial charge in [0.05, 0.1) is 18.8 Å². The Morgan fingerprint density at radius 2 is 0.645 bits per heavy atom. The highest BCUT2D eigenvalue weighted by molar-refractivity contribution is 5.76. The van der Waals surface area contributed by atoms with Crippen LogP contribution in [0.5, 0.6) is 0 Å². The van der Waals surface area contributed by atoms with Gasteiger partial charge in [-0.2, -0.15) is 0 Å². The molecule has 0 saturated heterocycles. The Morgan fingerprint density at radius 1 is 0.387 bits per heavy atom. The first-order valence-electron chi connectivity index (χ1n) is 28.5. The van der Waals surface area contributed by atoms with Crippen LogP contribution in [0.4, 0.5) is 0 Å². The van der Waals surface area contributed by atoms with Crippen LogP contribution in [0.25, 0.3) is 0 Å². The maximum absolute atomic E-state index is 12.5. The van der Waals surface area contributed by atoms with Gasteiger partial charge in [0.15, 0.2) is 0 Å². The van der Waals surface area contributed by atoms with Crippen LogP contribution in [0.1, 0.15) is 322 Å². The van der Waals surface area contributed by atoms with Crippen molar-refractivity contribution in [3.8, 4) is 0 Å². The molecule has 0 radical (unpaired) electrons. The van der Waals surface area contributed by atoms with Crippen LogP contribution in [-0.2, 0) is 4.79 Å². The SMILES string of the molecule is CCCCCCCCCCCCCC/C=C/CCCC(O)C(O)C(CO)NC(=O)CCCCCCCCCCCCCCCCCCCCCCCCCCCCCCCCC. The van der Waals surface area contributed by atoms with Gasteiger partial charge in [-0.3, -0.25) is 4.79 Å². The number of nitrogens with one attached hydrogen (secondary N) is 1. The van der Waals surface area contributed by atoms with Crippen molar-refractivity contribution in [1.29, 1.82) is 0 Å². The summed E-state index contributed by atoms with van der Waals surface area (Å²) < 4.78 is 0. The number of amides is 1. The van der Waals surface area contributed by atoms with Gasteiger partial charge in [-0.25, -0.2) is 0 Å². The van der Waals surface area contributed by atoms with Gasteiger partial charge in [-0.1, -0.05) is 289 Å². The zero-order chi connectivity index (χ0) is 45.1. The van der Waals surface area contributed by atoms with Crippen LogP contribution in [0.2, 0.25) is 0 Å². The quantitative estimate of drug-likeness (QED) is 0.0362. The van der Waals surface area contributed by atoms with E-state index in [2.05, 4.69) is 31.3 Å². The molecule has 0 bridgehead atoms. The van der Waals surface area contributed by atoms with Crippen molar-refractivity contribution < 1.29 is 20.1 Å². The van der Waals surface area contributed by atoms with E-state index >= 15 is 0 Å². The molecule has 370 valence electrons. The second-order valence-electron chi connectivity index (χ2n) is 19.9. The molecule has 0 aromatic carbocycles. The lowest BCUT2D eigenvalue weighted by Gasteiger charge is -2.26. The number of hydrogen-bond donors (Lipinski definition) is 4. The van der Waals surface area contributed by atoms with Crippen molar-refractivity contribution >= 4 is 5.91 Å². The van der Waals surface area contributed by atoms with Crippen molar-refractivity contribution in [3.05, 3.63) is 12.2 Å². The summed E-state index contributed by atoms with van der Waals surface area (Å²) in [6.07, 6.45) is 65.2. The van der Waals surface area contributed by atoms with Crippen LogP contribution >= 0.6 is 0 Å². The smallest absolute Gasteiger partial charge is 0.220 e. The van der Waals surface area contributed by atoms with Crippen LogP contribution < -0.4 is 5.32 Å². The van der Waals surface area contributed by atoms with Gasteiger partial charge in [-0.05, 0) is 38.5 Å². The Balaban J connectivity index is 3.48. The van der Waals surface area contributed by atoms with E-state index in [9.17, 15) is 20.1 Å². The average Bonchev–Trinajstić information content (AvgIpc) is 3.28. The topological polar surface area (TPSA) is 89.8 Å². The number of unbranched alkanes of at least 4 members (excludes halogenated alkanes) is 43. The van der Waals surface area contributed by atoms with E-state index in [0.29, 0.717) is 12.8 Å². The van der Waals surface area contributed by atoms with E-state index in [1.807, 2.05) is 0 Å². The summed E-state index contributed by atoms with van der Waals surface area (Å²) in [5.74, 6) is -0.147. The molecule has 0 aliphatic rings. The molecule has 3 atom stereocenters. The number of allylic oxidation sites excluding steroid dienone is 2. The van der Waals surface area contributed by atoms with Crippen molar-refractivity contribution in [2.75, 3.05) is 6.61 Å². The number of aliphatic hydroxyl groups is 3. The van der Waals surface area contributed by atoms with Gasteiger partial charge in [-0.15, -0.1) is 0 Å². The fourth-order valence-corrected chi connectivity index (χ4v) is 9.23. The Bertz CT molecular complexity index is 879. The predicted octanol–water partition coefficient (Wildman–Crippen LogP) is 17.5. The van der Waals surface area contributed by atoms with Gasteiger partial charge >= 0.3 is 0 Å². The molecule has 3 unspecified atom stereocenters. The Morgan fingerprint density at radius 3 is 0.935 bits per heavy atom. The Kier molecular flexibility index (Phi) is 51.9. The van der Waals surface area contributed by atoms with E-state index in [-0.39, 0.29) is 12.5 Å². The van der Waals surface area contributed by atoms with Crippen molar-refractivity contribution in [2.45, 2.75) is 340 Å². The number of carbonyl (C=O) groups is 1. The molecule has 0 aliphatic carbocycles. The Labute approximate surface area is 389 Å². The number of rotatable bonds is 53. The summed E-state index contributed by atoms with van der Waals surface area (Å²) in [7, 11) is 0. The standard InChI is InChI=1S/C57H113NO4/c1-3-5-7-9-11-13-15-17-19-21-22-23-24-25-26-27-28-29-30-31-32-33-34-36-38-40-42-44-46-48-50-52-56(61)58-54(53-59)57(62)55(60)51-49-47-45-43-41-39-37-35-20-18-16-14-12-10-8-6-4-2/h43,45,54-55,57,59-60,62H,3-42,44,46-53H2,1-2H3,(H,58,61)/b45-43+. The summed E-state index contributed by atoms with van der Waals surface area (Å²) in [5, 5.41) is 33.7. The summed E-state index contributed by atoms with van der Waals surface area (Å²) in [6, 6.07) is -0.822. The number of aliphatic hydroxyl groups excluding tert-OH is 3. The summed E-state index contributed by atoms with van der Waals surface area (Å²) >= 11 is 0. The summed E-state index contributed by atoms with van der Waals surface area (Å²) in [4.78, 5) is 12.5. The normalized spacial score (nSPS) is 13.3. The maximum atomic E-state index is 12.5. The molecule has 4 N–H and O–H groups in total. The number of carbonyl (C=O) groups excluding carboxylic acids is 1. The fourth-order valence-electron chi connectivity index (χ4n) is 9.23. The fraction of sp³-hybridized carbons (Fsp3) is 0.947. The minimum atomic E-state index is -1.16. The van der Waals surface area contributed by atoms with Crippen LogP contribution in [0, 0.1) is 0 Å². The zero-order valence-electron chi connectivity index (χ0n) is 42.3. The first kappa shape index (κ1) is 61.1. The van der Waals surface area contributed by atoms with Crippen molar-refractivity contribution in [2.24, 2.45) is 0 Å². The second kappa shape index (κ2) is 52.7. The molecule has 0 aliphatic heterocycles. The third-order valence-electron chi connectivity index (χ3n) is 13.6. The molecule has 62 heavy (non-hydrogen) atoms. The largest absolute Gasteiger partial charge is 0.394 e. The highest BCUT2D eigenvalue weighted by Crippen LogP contribution is 2.18. The van der Waals surface area contributed by atoms with Crippen molar-refractivity contribution in [3.63, 3.8) is 0 Å². The van der Waals surface area contributed by atoms with E-state index in [1.165, 1.54) is 257 Å². The first-order chi connectivity index (χ1) is 30.6. The van der Waals surface area contributed by atoms with Gasteiger partial charge in [0.1, 0.15) is 6.10 Å². The molecule has 0 fully saturated rings. The monoisotopic (exact) mass is 876 g/mol. The van der Waals surface area contributed by atoms with E-state index in [0.717, 1.165) is 38.5 Å². The predicted molar refractivity (Wildman–Crippen MR) is 273 cm³/mol. The van der Waals surface area contributed by atoms with Crippen LogP contribution in [0.3, 0.4) is 0 Å². The summed E-state index contributed by atoms with van der Waals surface area (Å²) in [5.41, 5.74) is 0. The zero-order valence-corrected chi connectivity index (χ0v) is 42.3. The van der Waals surface area contributed by atoms with Gasteiger partial charge in [0, 0.05) is 6.42 Å². The Hall–Kier alpha value is -0.910. The first-order valence-corrected chi connectivity index (χ1v) is 28.5. The van der Waals surface area contributed by atoms with E-state index < -0.39 is 18.2 Å². The third-order valence-corrected chi connectivity index (χ3v) is 13.6. The van der Waals surface area contributed by atoms with Gasteiger partial charge in [0.25, 0.3) is 0 Å². The average molecular weight is 877 g/mol. The van der Waals surface area contributed by atoms with Crippen molar-refractivity contribution in [1.82, 2.24) is 5.32 Å². The van der Waals surface area contributed by atoms with Gasteiger partial charge in [0.2, 0.25) is 5.91 Å². The molecule has 0 saturated carbocycles. The maximum Gasteiger partial charge on any atom is 0.220 e. The molecule has 0 aromatic rings. The lowest BCUT2D eigenvalue weighted by molar-refractivity contribution is -0.124. The lowest BCUT2D eigenvalue weighted by atomic mass is 10.0. The number of hydrogen-bond acceptors (Lipinski definition) is 4. The summed E-state index contributed by atoms with van der Waals surface area (Å²) in [6.45, 7) is 4.21. The van der Waals surface area contributed by atoms with Crippen LogP contribution in [-0.4, -0.2) is 46.1 Å². The second-order valence-corrected chi connectivity index (χ2v) is 19.9. The molecule has 5 nitrogen and oxygen atoms in total. The van der Waals surface area contributed by atoms with Gasteiger partial charge < -0.3 is 20.6 Å². The molecule has 0 spiro atoms. The van der Waals surface area contributed by atoms with E-state index in [1.54, 1.807) is 0 Å². The minimum Gasteiger partial charge on any atom is -0.394 e. The molecule has 5 heteroatoms. The molecule has 0 heterocycles. The molecule has 0 rings (SSSR count). The lowest BCUT2D eigenvalue weighted by Crippen LogP contribution is -2.50. The molecular formula is C57H113NO4. The highest BCUT2D eigenvalue weighted by atomic mass is 16.3. The molecule has 1 amide bonds. The molecule has 0 aromatic heterocycles. The third kappa shape index (κ3) is 47.1. The van der Waals surface area contributed by atoms with Crippen LogP contribution in [0.15, 0.2) is 12.2 Å². The van der Waals surface area contributed by atoms with E-state index in [4.69, 9.17) is 0 Å². The molecular weight excluding hydrogens is 763 g/mol.